The van der Waals surface area contributed by atoms with Crippen LogP contribution in [0.3, 0.4) is 0 Å². The van der Waals surface area contributed by atoms with Crippen molar-refractivity contribution < 1.29 is 0 Å². The molecule has 2 fully saturated rings. The third-order valence-corrected chi connectivity index (χ3v) is 8.83. The van der Waals surface area contributed by atoms with Crippen LogP contribution in [-0.2, 0) is 6.42 Å². The molecule has 0 aliphatic carbocycles. The number of hydrogen-bond acceptors (Lipinski definition) is 5. The molecule has 0 amide bonds. The second-order valence-electron chi connectivity index (χ2n) is 9.69. The topological polar surface area (TPSA) is 48.8 Å². The SMILES string of the molecule is C1=C(c2ccc(-c3ccc4c5c(ccc4c3)N=C([C@@H]3CCCN3)C5)s2)CC([C@@H]2CCCN2)=N1. The standard InChI is InChI=1S/C28H28N4S/c1-3-23(29-11-1)25-14-19(16-31-25)28-10-9-27(33-28)18-5-7-20-17(13-18)6-8-22-21(20)15-26(32-22)24-4-2-12-30-24/h5-10,13,16,23-24,29-30H,1-4,11-12,14-15H2/t23-,24-/m0/s1. The smallest absolute Gasteiger partial charge is 0.0672 e. The first-order valence-electron chi connectivity index (χ1n) is 12.3. The summed E-state index contributed by atoms with van der Waals surface area (Å²) < 4.78 is 0. The monoisotopic (exact) mass is 452 g/mol. The van der Waals surface area contributed by atoms with E-state index in [1.54, 1.807) is 0 Å². The van der Waals surface area contributed by atoms with Crippen LogP contribution in [0.4, 0.5) is 5.69 Å². The van der Waals surface area contributed by atoms with Crippen molar-refractivity contribution in [1.29, 1.82) is 0 Å². The molecule has 2 saturated heterocycles. The predicted octanol–water partition coefficient (Wildman–Crippen LogP) is 5.89. The van der Waals surface area contributed by atoms with Crippen LogP contribution in [-0.4, -0.2) is 36.6 Å². The number of hydrogen-bond donors (Lipinski definition) is 2. The molecule has 0 radical (unpaired) electrons. The molecule has 4 aliphatic heterocycles. The van der Waals surface area contributed by atoms with E-state index in [0.29, 0.717) is 12.1 Å². The number of rotatable bonds is 4. The van der Waals surface area contributed by atoms with E-state index in [2.05, 4.69) is 59.3 Å². The summed E-state index contributed by atoms with van der Waals surface area (Å²) in [4.78, 5) is 12.4. The minimum absolute atomic E-state index is 0.468. The molecule has 5 heteroatoms. The number of nitrogens with one attached hydrogen (secondary N) is 2. The van der Waals surface area contributed by atoms with Crippen LogP contribution in [0.25, 0.3) is 26.8 Å². The molecular formula is C28H28N4S. The molecule has 0 spiro atoms. The van der Waals surface area contributed by atoms with Crippen molar-refractivity contribution >= 4 is 44.8 Å². The Morgan fingerprint density at radius 2 is 1.64 bits per heavy atom. The van der Waals surface area contributed by atoms with Crippen molar-refractivity contribution in [3.05, 3.63) is 59.1 Å². The maximum atomic E-state index is 4.98. The lowest BCUT2D eigenvalue weighted by molar-refractivity contribution is 0.755. The van der Waals surface area contributed by atoms with Crippen LogP contribution in [0, 0.1) is 0 Å². The summed E-state index contributed by atoms with van der Waals surface area (Å²) in [6, 6.07) is 16.9. The second kappa shape index (κ2) is 8.01. The summed E-state index contributed by atoms with van der Waals surface area (Å²) in [5, 5.41) is 9.86. The van der Waals surface area contributed by atoms with E-state index in [0.717, 1.165) is 31.6 Å². The Morgan fingerprint density at radius 3 is 2.45 bits per heavy atom. The third-order valence-electron chi connectivity index (χ3n) is 7.62. The molecule has 2 N–H and O–H groups in total. The van der Waals surface area contributed by atoms with Gasteiger partial charge in [-0.1, -0.05) is 18.2 Å². The number of aliphatic imine (C=N–C) groups is 2. The highest BCUT2D eigenvalue weighted by Gasteiger charge is 2.27. The van der Waals surface area contributed by atoms with Gasteiger partial charge in [0, 0.05) is 52.3 Å². The van der Waals surface area contributed by atoms with E-state index in [1.807, 2.05) is 11.3 Å². The predicted molar refractivity (Wildman–Crippen MR) is 140 cm³/mol. The van der Waals surface area contributed by atoms with Gasteiger partial charge in [-0.2, -0.15) is 0 Å². The summed E-state index contributed by atoms with van der Waals surface area (Å²) in [6.45, 7) is 2.24. The number of allylic oxidation sites excluding steroid dienone is 1. The maximum Gasteiger partial charge on any atom is 0.0672 e. The van der Waals surface area contributed by atoms with Gasteiger partial charge in [-0.15, -0.1) is 11.3 Å². The van der Waals surface area contributed by atoms with E-state index >= 15 is 0 Å². The van der Waals surface area contributed by atoms with Crippen molar-refractivity contribution in [3.8, 4) is 10.4 Å². The molecule has 3 aromatic rings. The fourth-order valence-electron chi connectivity index (χ4n) is 5.82. The van der Waals surface area contributed by atoms with Crippen LogP contribution >= 0.6 is 11.3 Å². The first-order chi connectivity index (χ1) is 16.3. The summed E-state index contributed by atoms with van der Waals surface area (Å²) in [5.74, 6) is 0. The first-order valence-corrected chi connectivity index (χ1v) is 13.1. The van der Waals surface area contributed by atoms with Gasteiger partial charge in [0.25, 0.3) is 0 Å². The van der Waals surface area contributed by atoms with Gasteiger partial charge in [0.1, 0.15) is 0 Å². The zero-order valence-electron chi connectivity index (χ0n) is 18.7. The van der Waals surface area contributed by atoms with Crippen molar-refractivity contribution in [1.82, 2.24) is 10.6 Å². The normalized spacial score (nSPS) is 24.3. The quantitative estimate of drug-likeness (QED) is 0.519. The minimum Gasteiger partial charge on any atom is -0.309 e. The third kappa shape index (κ3) is 3.50. The zero-order valence-corrected chi connectivity index (χ0v) is 19.5. The number of thiophene rings is 1. The van der Waals surface area contributed by atoms with Gasteiger partial charge in [0.05, 0.1) is 5.69 Å². The summed E-state index contributed by atoms with van der Waals surface area (Å²) in [5.41, 5.74) is 7.85. The Kier molecular flexibility index (Phi) is 4.82. The van der Waals surface area contributed by atoms with Gasteiger partial charge in [-0.05, 0) is 90.5 Å². The molecule has 0 saturated carbocycles. The average molecular weight is 453 g/mol. The van der Waals surface area contributed by atoms with Gasteiger partial charge in [-0.25, -0.2) is 0 Å². The van der Waals surface area contributed by atoms with Crippen LogP contribution < -0.4 is 10.6 Å². The number of nitrogens with zero attached hydrogens (tertiary/aromatic N) is 2. The molecule has 0 bridgehead atoms. The van der Waals surface area contributed by atoms with Gasteiger partial charge >= 0.3 is 0 Å². The van der Waals surface area contributed by atoms with Gasteiger partial charge < -0.3 is 10.6 Å². The lowest BCUT2D eigenvalue weighted by Gasteiger charge is -2.10. The lowest BCUT2D eigenvalue weighted by Crippen LogP contribution is -2.30. The van der Waals surface area contributed by atoms with Crippen LogP contribution in [0.5, 0.6) is 0 Å². The summed E-state index contributed by atoms with van der Waals surface area (Å²) >= 11 is 1.89. The molecule has 5 heterocycles. The first kappa shape index (κ1) is 19.8. The molecule has 166 valence electrons. The average Bonchev–Trinajstić information content (AvgIpc) is 3.68. The van der Waals surface area contributed by atoms with E-state index in [9.17, 15) is 0 Å². The Hall–Kier alpha value is -2.60. The molecule has 2 atom stereocenters. The molecule has 2 aromatic carbocycles. The summed E-state index contributed by atoms with van der Waals surface area (Å²) in [7, 11) is 0. The van der Waals surface area contributed by atoms with Crippen LogP contribution in [0.1, 0.15) is 42.5 Å². The Labute approximate surface area is 198 Å². The van der Waals surface area contributed by atoms with Crippen molar-refractivity contribution in [2.45, 2.75) is 50.6 Å². The van der Waals surface area contributed by atoms with E-state index < -0.39 is 0 Å². The molecule has 33 heavy (non-hydrogen) atoms. The Morgan fingerprint density at radius 1 is 0.818 bits per heavy atom. The Balaban J connectivity index is 1.12. The molecule has 4 nitrogen and oxygen atoms in total. The fraction of sp³-hybridized carbons (Fsp3) is 0.357. The molecular weight excluding hydrogens is 424 g/mol. The van der Waals surface area contributed by atoms with E-state index in [4.69, 9.17) is 9.98 Å². The Bertz CT molecular complexity index is 1330. The lowest BCUT2D eigenvalue weighted by atomic mass is 9.97. The van der Waals surface area contributed by atoms with Gasteiger partial charge in [0.2, 0.25) is 0 Å². The van der Waals surface area contributed by atoms with Crippen molar-refractivity contribution in [2.24, 2.45) is 9.98 Å². The maximum absolute atomic E-state index is 4.98. The zero-order chi connectivity index (χ0) is 21.8. The van der Waals surface area contributed by atoms with Crippen LogP contribution in [0.2, 0.25) is 0 Å². The minimum atomic E-state index is 0.468. The van der Waals surface area contributed by atoms with E-state index in [1.165, 1.54) is 74.3 Å². The van der Waals surface area contributed by atoms with Crippen molar-refractivity contribution in [2.75, 3.05) is 13.1 Å². The number of fused-ring (bicyclic) bond motifs is 3. The molecule has 0 unspecified atom stereocenters. The highest BCUT2D eigenvalue weighted by Crippen LogP contribution is 2.39. The summed E-state index contributed by atoms with van der Waals surface area (Å²) in [6.07, 6.45) is 9.02. The highest BCUT2D eigenvalue weighted by atomic mass is 32.1. The van der Waals surface area contributed by atoms with Gasteiger partial charge in [-0.3, -0.25) is 9.98 Å². The van der Waals surface area contributed by atoms with Crippen LogP contribution in [0.15, 0.2) is 58.6 Å². The molecule has 4 aliphatic rings. The van der Waals surface area contributed by atoms with Crippen molar-refractivity contribution in [3.63, 3.8) is 0 Å². The largest absolute Gasteiger partial charge is 0.309 e. The number of benzene rings is 2. The fourth-order valence-corrected chi connectivity index (χ4v) is 6.83. The highest BCUT2D eigenvalue weighted by molar-refractivity contribution is 7.16. The molecule has 7 rings (SSSR count). The molecule has 1 aromatic heterocycles. The second-order valence-corrected chi connectivity index (χ2v) is 10.8. The van der Waals surface area contributed by atoms with Gasteiger partial charge in [0.15, 0.2) is 0 Å². The van der Waals surface area contributed by atoms with E-state index in [-0.39, 0.29) is 0 Å².